The Balaban J connectivity index is 2.43. The van der Waals surface area contributed by atoms with Gasteiger partial charge in [0.15, 0.2) is 11.6 Å². The molecule has 1 unspecified atom stereocenters. The summed E-state index contributed by atoms with van der Waals surface area (Å²) in [6.07, 6.45) is -0.663. The fraction of sp³-hybridized carbons (Fsp3) is 0.571. The highest BCUT2D eigenvalue weighted by molar-refractivity contribution is 5.30. The number of aliphatic hydroxyl groups excluding tert-OH is 1. The van der Waals surface area contributed by atoms with Crippen LogP contribution in [0.25, 0.3) is 0 Å². The van der Waals surface area contributed by atoms with Crippen molar-refractivity contribution in [1.82, 2.24) is 5.32 Å². The summed E-state index contributed by atoms with van der Waals surface area (Å²) in [6, 6.07) is 4.97. The number of β-amino-alcohol motifs (C(OH)–C–C–N with tert-alkyl or cyclic N) is 1. The SMILES string of the molecule is Cc1cccc(OCC(O)CNC(C)(C)C)c1F. The van der Waals surface area contributed by atoms with E-state index in [-0.39, 0.29) is 23.7 Å². The average Bonchev–Trinajstić information content (AvgIpc) is 2.27. The second-order valence-corrected chi connectivity index (χ2v) is 5.48. The zero-order valence-electron chi connectivity index (χ0n) is 11.5. The van der Waals surface area contributed by atoms with Gasteiger partial charge in [0.05, 0.1) is 0 Å². The van der Waals surface area contributed by atoms with E-state index in [0.29, 0.717) is 12.1 Å². The lowest BCUT2D eigenvalue weighted by Crippen LogP contribution is -2.42. The third kappa shape index (κ3) is 5.02. The van der Waals surface area contributed by atoms with Gasteiger partial charge in [0, 0.05) is 12.1 Å². The lowest BCUT2D eigenvalue weighted by atomic mass is 10.1. The summed E-state index contributed by atoms with van der Waals surface area (Å²) in [4.78, 5) is 0. The van der Waals surface area contributed by atoms with Crippen molar-refractivity contribution in [3.8, 4) is 5.75 Å². The van der Waals surface area contributed by atoms with Crippen molar-refractivity contribution in [2.45, 2.75) is 39.3 Å². The summed E-state index contributed by atoms with van der Waals surface area (Å²) in [5, 5.41) is 12.9. The predicted molar refractivity (Wildman–Crippen MR) is 70.4 cm³/mol. The van der Waals surface area contributed by atoms with Crippen molar-refractivity contribution in [1.29, 1.82) is 0 Å². The Morgan fingerprint density at radius 2 is 2.06 bits per heavy atom. The van der Waals surface area contributed by atoms with Gasteiger partial charge in [-0.2, -0.15) is 0 Å². The molecule has 0 aliphatic heterocycles. The van der Waals surface area contributed by atoms with Gasteiger partial charge >= 0.3 is 0 Å². The summed E-state index contributed by atoms with van der Waals surface area (Å²) in [5.74, 6) is -0.182. The first kappa shape index (κ1) is 14.9. The van der Waals surface area contributed by atoms with Crippen LogP contribution in [0.2, 0.25) is 0 Å². The standard InChI is InChI=1S/C14H22FNO2/c1-10-6-5-7-12(13(10)15)18-9-11(17)8-16-14(2,3)4/h5-7,11,16-17H,8-9H2,1-4H3. The van der Waals surface area contributed by atoms with Gasteiger partial charge in [-0.15, -0.1) is 0 Å². The Bertz CT molecular complexity index is 388. The maximum atomic E-state index is 13.6. The topological polar surface area (TPSA) is 41.5 Å². The minimum Gasteiger partial charge on any atom is -0.488 e. The highest BCUT2D eigenvalue weighted by Gasteiger charge is 2.13. The van der Waals surface area contributed by atoms with E-state index in [1.807, 2.05) is 20.8 Å². The van der Waals surface area contributed by atoms with Gasteiger partial charge in [0.1, 0.15) is 12.7 Å². The van der Waals surface area contributed by atoms with E-state index in [2.05, 4.69) is 5.32 Å². The fourth-order valence-electron chi connectivity index (χ4n) is 1.40. The molecule has 1 atom stereocenters. The number of hydrogen-bond donors (Lipinski definition) is 2. The molecule has 0 heterocycles. The number of rotatable bonds is 5. The molecule has 0 amide bonds. The smallest absolute Gasteiger partial charge is 0.167 e. The lowest BCUT2D eigenvalue weighted by Gasteiger charge is -2.23. The van der Waals surface area contributed by atoms with E-state index in [4.69, 9.17) is 4.74 Å². The summed E-state index contributed by atoms with van der Waals surface area (Å²) in [5.41, 5.74) is 0.477. The Labute approximate surface area is 108 Å². The summed E-state index contributed by atoms with van der Waals surface area (Å²) >= 11 is 0. The molecular formula is C14H22FNO2. The van der Waals surface area contributed by atoms with Crippen molar-refractivity contribution in [3.05, 3.63) is 29.6 Å². The molecular weight excluding hydrogens is 233 g/mol. The quantitative estimate of drug-likeness (QED) is 0.848. The molecule has 0 saturated carbocycles. The summed E-state index contributed by atoms with van der Waals surface area (Å²) in [6.45, 7) is 8.21. The van der Waals surface area contributed by atoms with E-state index in [0.717, 1.165) is 0 Å². The lowest BCUT2D eigenvalue weighted by molar-refractivity contribution is 0.0979. The molecule has 0 aliphatic rings. The Hall–Kier alpha value is -1.13. The molecule has 4 heteroatoms. The molecule has 18 heavy (non-hydrogen) atoms. The number of halogens is 1. The van der Waals surface area contributed by atoms with Crippen molar-refractivity contribution in [3.63, 3.8) is 0 Å². The van der Waals surface area contributed by atoms with Crippen LogP contribution in [-0.4, -0.2) is 29.9 Å². The number of benzene rings is 1. The van der Waals surface area contributed by atoms with Crippen LogP contribution in [0, 0.1) is 12.7 Å². The van der Waals surface area contributed by atoms with Gasteiger partial charge in [-0.25, -0.2) is 4.39 Å². The molecule has 0 radical (unpaired) electrons. The molecule has 0 bridgehead atoms. The van der Waals surface area contributed by atoms with Crippen LogP contribution in [0.4, 0.5) is 4.39 Å². The van der Waals surface area contributed by atoms with Crippen molar-refractivity contribution in [2.75, 3.05) is 13.2 Å². The monoisotopic (exact) mass is 255 g/mol. The number of ether oxygens (including phenoxy) is 1. The van der Waals surface area contributed by atoms with E-state index < -0.39 is 6.10 Å². The second-order valence-electron chi connectivity index (χ2n) is 5.48. The molecule has 0 aliphatic carbocycles. The van der Waals surface area contributed by atoms with Crippen LogP contribution in [0.3, 0.4) is 0 Å². The molecule has 0 aromatic heterocycles. The highest BCUT2D eigenvalue weighted by Crippen LogP contribution is 2.19. The van der Waals surface area contributed by atoms with Crippen LogP contribution in [0.15, 0.2) is 18.2 Å². The third-order valence-corrected chi connectivity index (χ3v) is 2.46. The van der Waals surface area contributed by atoms with Crippen molar-refractivity contribution in [2.24, 2.45) is 0 Å². The van der Waals surface area contributed by atoms with E-state index in [9.17, 15) is 9.50 Å². The van der Waals surface area contributed by atoms with Crippen LogP contribution in [0.5, 0.6) is 5.75 Å². The van der Waals surface area contributed by atoms with Gasteiger partial charge in [-0.1, -0.05) is 12.1 Å². The number of aryl methyl sites for hydroxylation is 1. The average molecular weight is 255 g/mol. The maximum Gasteiger partial charge on any atom is 0.167 e. The molecule has 1 aromatic carbocycles. The van der Waals surface area contributed by atoms with Crippen LogP contribution < -0.4 is 10.1 Å². The van der Waals surface area contributed by atoms with Gasteiger partial charge < -0.3 is 15.2 Å². The normalized spacial score (nSPS) is 13.4. The van der Waals surface area contributed by atoms with Crippen LogP contribution in [0.1, 0.15) is 26.3 Å². The molecule has 0 fully saturated rings. The van der Waals surface area contributed by atoms with Crippen molar-refractivity contribution < 1.29 is 14.2 Å². The fourth-order valence-corrected chi connectivity index (χ4v) is 1.40. The van der Waals surface area contributed by atoms with Gasteiger partial charge in [-0.3, -0.25) is 0 Å². The minimum absolute atomic E-state index is 0.0600. The second kappa shape index (κ2) is 6.16. The van der Waals surface area contributed by atoms with E-state index in [1.165, 1.54) is 0 Å². The largest absolute Gasteiger partial charge is 0.488 e. The van der Waals surface area contributed by atoms with Crippen molar-refractivity contribution >= 4 is 0 Å². The third-order valence-electron chi connectivity index (χ3n) is 2.46. The molecule has 1 aromatic rings. The van der Waals surface area contributed by atoms with Gasteiger partial charge in [0.2, 0.25) is 0 Å². The molecule has 102 valence electrons. The summed E-state index contributed by atoms with van der Waals surface area (Å²) < 4.78 is 18.9. The first-order valence-electron chi connectivity index (χ1n) is 6.10. The van der Waals surface area contributed by atoms with Gasteiger partial charge in [0.25, 0.3) is 0 Å². The maximum absolute atomic E-state index is 13.6. The minimum atomic E-state index is -0.663. The predicted octanol–water partition coefficient (Wildman–Crippen LogP) is 2.26. The first-order valence-corrected chi connectivity index (χ1v) is 6.10. The summed E-state index contributed by atoms with van der Waals surface area (Å²) in [7, 11) is 0. The van der Waals surface area contributed by atoms with Crippen LogP contribution >= 0.6 is 0 Å². The van der Waals surface area contributed by atoms with E-state index >= 15 is 0 Å². The Kier molecular flexibility index (Phi) is 5.11. The Morgan fingerprint density at radius 1 is 1.39 bits per heavy atom. The van der Waals surface area contributed by atoms with E-state index in [1.54, 1.807) is 25.1 Å². The molecule has 1 rings (SSSR count). The van der Waals surface area contributed by atoms with Crippen LogP contribution in [-0.2, 0) is 0 Å². The number of nitrogens with one attached hydrogen (secondary N) is 1. The zero-order chi connectivity index (χ0) is 13.8. The molecule has 0 spiro atoms. The number of aliphatic hydroxyl groups is 1. The zero-order valence-corrected chi connectivity index (χ0v) is 11.5. The highest BCUT2D eigenvalue weighted by atomic mass is 19.1. The van der Waals surface area contributed by atoms with Gasteiger partial charge in [-0.05, 0) is 39.3 Å². The number of hydrogen-bond acceptors (Lipinski definition) is 3. The molecule has 0 saturated heterocycles. The molecule has 2 N–H and O–H groups in total. The first-order chi connectivity index (χ1) is 8.29. The Morgan fingerprint density at radius 3 is 2.67 bits per heavy atom. The molecule has 3 nitrogen and oxygen atoms in total.